The molecule has 5 N–H and O–H groups in total. The van der Waals surface area contributed by atoms with Crippen LogP contribution in [0.5, 0.6) is 0 Å². The lowest BCUT2D eigenvalue weighted by Gasteiger charge is -2.18. The van der Waals surface area contributed by atoms with Crippen molar-refractivity contribution < 1.29 is 33.8 Å². The van der Waals surface area contributed by atoms with Crippen LogP contribution in [0.1, 0.15) is 179 Å². The highest BCUT2D eigenvalue weighted by atomic mass is 35.5. The number of esters is 1. The van der Waals surface area contributed by atoms with E-state index >= 15 is 0 Å². The first-order chi connectivity index (χ1) is 50.5. The van der Waals surface area contributed by atoms with Crippen molar-refractivity contribution >= 4 is 84.3 Å². The van der Waals surface area contributed by atoms with Gasteiger partial charge in [0.15, 0.2) is 0 Å². The molecule has 4 aromatic heterocycles. The van der Waals surface area contributed by atoms with E-state index in [0.717, 1.165) is 113 Å². The molecule has 0 fully saturated rings. The number of ether oxygens (including phenoxy) is 1. The normalized spacial score (nSPS) is 12.0. The summed E-state index contributed by atoms with van der Waals surface area (Å²) in [7, 11) is 0. The molecule has 13 aromatic rings. The van der Waals surface area contributed by atoms with E-state index in [1.54, 1.807) is 55.6 Å². The lowest BCUT2D eigenvalue weighted by atomic mass is 10.0. The zero-order valence-electron chi connectivity index (χ0n) is 59.4. The van der Waals surface area contributed by atoms with Crippen molar-refractivity contribution in [3.05, 3.63) is 345 Å². The first-order valence-corrected chi connectivity index (χ1v) is 35.3. The van der Waals surface area contributed by atoms with E-state index in [1.165, 1.54) is 5.56 Å². The number of nitrogens with zero attached hydrogens (tertiary/aromatic N) is 4. The highest BCUT2D eigenvalue weighted by Gasteiger charge is 2.20. The van der Waals surface area contributed by atoms with Gasteiger partial charge in [0.05, 0.1) is 36.3 Å². The molecular weight excluding hydrogens is 1320 g/mol. The van der Waals surface area contributed by atoms with Crippen molar-refractivity contribution in [1.29, 1.82) is 0 Å². The Morgan fingerprint density at radius 3 is 0.990 bits per heavy atom. The molecule has 0 spiro atoms. The van der Waals surface area contributed by atoms with Crippen LogP contribution in [0.2, 0.25) is 5.02 Å². The molecule has 0 aliphatic carbocycles. The molecule has 4 amide bonds. The number of aliphatic hydroxyl groups excluding tert-OH is 1. The molecule has 15 nitrogen and oxygen atoms in total. The van der Waals surface area contributed by atoms with Crippen LogP contribution in [0, 0.1) is 20.8 Å². The van der Waals surface area contributed by atoms with Crippen molar-refractivity contribution in [1.82, 2.24) is 41.2 Å². The van der Waals surface area contributed by atoms with E-state index in [4.69, 9.17) is 21.4 Å². The summed E-state index contributed by atoms with van der Waals surface area (Å²) in [5.41, 5.74) is 12.4. The quantitative estimate of drug-likeness (QED) is 0.0453. The van der Waals surface area contributed by atoms with Gasteiger partial charge in [0, 0.05) is 98.4 Å². The predicted octanol–water partition coefficient (Wildman–Crippen LogP) is 18.9. The first-order valence-electron chi connectivity index (χ1n) is 34.9. The van der Waals surface area contributed by atoms with Gasteiger partial charge in [-0.25, -0.2) is 4.79 Å². The fraction of sp³-hybridized carbons (Fsp3) is 0.193. The van der Waals surface area contributed by atoms with Gasteiger partial charge in [0.25, 0.3) is 23.6 Å². The molecule has 9 aromatic carbocycles. The highest BCUT2D eigenvalue weighted by Crippen LogP contribution is 2.26. The molecule has 0 aliphatic rings. The Labute approximate surface area is 612 Å². The maximum Gasteiger partial charge on any atom is 0.338 e. The summed E-state index contributed by atoms with van der Waals surface area (Å²) in [6.07, 6.45) is 17.3. The number of pyridine rings is 4. The van der Waals surface area contributed by atoms with Gasteiger partial charge in [-0.15, -0.1) is 0 Å². The van der Waals surface area contributed by atoms with E-state index in [-0.39, 0.29) is 67.0 Å². The summed E-state index contributed by atoms with van der Waals surface area (Å²) in [6.45, 7) is 14.4. The Morgan fingerprint density at radius 2 is 0.673 bits per heavy atom. The molecule has 0 saturated carbocycles. The molecule has 0 bridgehead atoms. The van der Waals surface area contributed by atoms with Crippen LogP contribution in [-0.2, 0) is 18.0 Å². The van der Waals surface area contributed by atoms with Crippen LogP contribution in [0.15, 0.2) is 262 Å². The van der Waals surface area contributed by atoms with Crippen LogP contribution in [-0.4, -0.2) is 54.6 Å². The molecule has 0 radical (unpaired) electrons. The second-order valence-electron chi connectivity index (χ2n) is 25.5. The number of carbonyl (C=O) groups is 5. The smallest absolute Gasteiger partial charge is 0.338 e. The van der Waals surface area contributed by atoms with Crippen molar-refractivity contribution in [2.45, 2.75) is 112 Å². The van der Waals surface area contributed by atoms with Crippen molar-refractivity contribution in [2.24, 2.45) is 0 Å². The van der Waals surface area contributed by atoms with Gasteiger partial charge in [0.1, 0.15) is 6.61 Å². The summed E-state index contributed by atoms with van der Waals surface area (Å²) in [5, 5.41) is 30.3. The van der Waals surface area contributed by atoms with Crippen molar-refractivity contribution in [3.63, 3.8) is 0 Å². The zero-order valence-corrected chi connectivity index (χ0v) is 60.2. The zero-order chi connectivity index (χ0) is 73.5. The Morgan fingerprint density at radius 1 is 0.365 bits per heavy atom. The van der Waals surface area contributed by atoms with Gasteiger partial charge < -0.3 is 31.1 Å². The monoisotopic (exact) mass is 1400 g/mol. The number of hydrogen-bond acceptors (Lipinski definition) is 11. The maximum absolute atomic E-state index is 12.9. The number of benzene rings is 9. The number of halogens is 1. The Bertz CT molecular complexity index is 4950. The summed E-state index contributed by atoms with van der Waals surface area (Å²) >= 11 is 5.92. The van der Waals surface area contributed by atoms with E-state index in [9.17, 15) is 24.0 Å². The van der Waals surface area contributed by atoms with Gasteiger partial charge in [-0.1, -0.05) is 172 Å². The number of amides is 4. The molecule has 4 atom stereocenters. The number of carbonyl (C=O) groups excluding carboxylic acids is 5. The standard InChI is InChI=1S/C29H28N2O3.C20H20N2O2.C20H20N2O.C19H17ClN2O/c1-4-27(31-28(32)24-10-11-25-17-30-14-13-23(25)16-24)22-8-6-21(7-9-22)18-34-29(33)26-12-5-19(2)15-20(26)3;1-2-19(15-5-3-14(13-23)4-6-15)22-20(24)17-7-8-18-12-21-10-9-16(18)11-17;1-3-19(15-6-4-14(2)5-7-15)22-20(23)17-8-9-18-13-21-11-10-16(18)12-17;1-2-18(13-5-7-17(20)8-6-13)22-19(23)15-3-4-16-12-21-10-9-14(16)11-15/h5-17,27H,4,18H2,1-3H3,(H,31,32);3-12,19,23H,2,13H2,1H3,(H,22,24);4-13,19H,3H2,1-2H3,(H,22,23);3-12,18H,2H2,1H3,(H,22,23). The van der Waals surface area contributed by atoms with Gasteiger partial charge >= 0.3 is 5.97 Å². The lowest BCUT2D eigenvalue weighted by Crippen LogP contribution is -2.28. The van der Waals surface area contributed by atoms with Crippen LogP contribution in [0.25, 0.3) is 43.1 Å². The number of nitrogens with one attached hydrogen (secondary N) is 4. The van der Waals surface area contributed by atoms with E-state index in [2.05, 4.69) is 79.3 Å². The molecular formula is C88H85ClN8O7. The number of aliphatic hydroxyl groups is 1. The van der Waals surface area contributed by atoms with E-state index in [0.29, 0.717) is 32.8 Å². The topological polar surface area (TPSA) is 214 Å². The van der Waals surface area contributed by atoms with Crippen LogP contribution in [0.3, 0.4) is 0 Å². The third-order valence-electron chi connectivity index (χ3n) is 18.1. The number of rotatable bonds is 20. The van der Waals surface area contributed by atoms with Crippen molar-refractivity contribution in [2.75, 3.05) is 0 Å². The average molecular weight is 1400 g/mol. The molecule has 526 valence electrons. The van der Waals surface area contributed by atoms with E-state index in [1.807, 2.05) is 217 Å². The molecule has 104 heavy (non-hydrogen) atoms. The molecule has 0 saturated heterocycles. The second kappa shape index (κ2) is 36.7. The van der Waals surface area contributed by atoms with Crippen LogP contribution >= 0.6 is 11.6 Å². The third kappa shape index (κ3) is 20.3. The Balaban J connectivity index is 0.000000151. The average Bonchev–Trinajstić information content (AvgIpc) is 0.841. The molecule has 4 heterocycles. The minimum absolute atomic E-state index is 0.0232. The molecule has 16 heteroatoms. The summed E-state index contributed by atoms with van der Waals surface area (Å²) in [5.74, 6) is -0.656. The maximum atomic E-state index is 12.9. The number of aromatic nitrogens is 4. The second-order valence-corrected chi connectivity index (χ2v) is 25.9. The molecule has 13 rings (SSSR count). The largest absolute Gasteiger partial charge is 0.457 e. The Kier molecular flexibility index (Phi) is 26.4. The number of fused-ring (bicyclic) bond motifs is 4. The van der Waals surface area contributed by atoms with E-state index < -0.39 is 0 Å². The van der Waals surface area contributed by atoms with Crippen molar-refractivity contribution in [3.8, 4) is 0 Å². The number of aryl methyl sites for hydroxylation is 3. The molecule has 4 unspecified atom stereocenters. The lowest BCUT2D eigenvalue weighted by molar-refractivity contribution is 0.0471. The third-order valence-corrected chi connectivity index (χ3v) is 18.4. The highest BCUT2D eigenvalue weighted by molar-refractivity contribution is 6.30. The summed E-state index contributed by atoms with van der Waals surface area (Å²) < 4.78 is 5.51. The molecule has 0 aliphatic heterocycles. The Hall–Kier alpha value is -11.8. The van der Waals surface area contributed by atoms with Gasteiger partial charge in [-0.2, -0.15) is 0 Å². The minimum atomic E-state index is -0.327. The summed E-state index contributed by atoms with van der Waals surface area (Å²) in [4.78, 5) is 79.4. The fourth-order valence-electron chi connectivity index (χ4n) is 12.0. The van der Waals surface area contributed by atoms with Crippen LogP contribution in [0.4, 0.5) is 0 Å². The minimum Gasteiger partial charge on any atom is -0.457 e. The van der Waals surface area contributed by atoms with Gasteiger partial charge in [0.2, 0.25) is 0 Å². The summed E-state index contributed by atoms with van der Waals surface area (Å²) in [6, 6.07) is 67.0. The number of hydrogen-bond donors (Lipinski definition) is 5. The first kappa shape index (κ1) is 74.9. The SMILES string of the molecule is CCC(NC(=O)c1ccc2cnccc2c1)c1ccc(C)cc1.CCC(NC(=O)c1ccc2cnccc2c1)c1ccc(CO)cc1.CCC(NC(=O)c1ccc2cnccc2c1)c1ccc(COC(=O)c2ccc(C)cc2C)cc1.CCC(NC(=O)c1ccc2cnccc2c1)c1ccc(Cl)cc1. The van der Waals surface area contributed by atoms with Gasteiger partial charge in [-0.3, -0.25) is 39.1 Å². The van der Waals surface area contributed by atoms with Crippen LogP contribution < -0.4 is 21.3 Å². The fourth-order valence-corrected chi connectivity index (χ4v) is 12.1. The predicted molar refractivity (Wildman–Crippen MR) is 415 cm³/mol. The van der Waals surface area contributed by atoms with Gasteiger partial charge in [-0.05, 0) is 198 Å².